The number of ether oxygens (including phenoxy) is 2. The lowest BCUT2D eigenvalue weighted by atomic mass is 10.2. The molecule has 3 rings (SSSR count). The first kappa shape index (κ1) is 21.0. The first-order valence-corrected chi connectivity index (χ1v) is 9.33. The summed E-state index contributed by atoms with van der Waals surface area (Å²) in [6, 6.07) is 12.1. The SMILES string of the molecule is CCc1cc(=O)n(CC(=O)Nc2ccc(OC)cc2OC)c(-c2cccc(F)c2)n1. The molecular weight excluding hydrogens is 389 g/mol. The average Bonchev–Trinajstić information content (AvgIpc) is 2.75. The number of aryl methyl sites for hydroxylation is 1. The number of halogens is 1. The number of rotatable bonds is 7. The Morgan fingerprint density at radius 2 is 1.93 bits per heavy atom. The molecule has 0 spiro atoms. The highest BCUT2D eigenvalue weighted by Gasteiger charge is 2.16. The Morgan fingerprint density at radius 1 is 1.13 bits per heavy atom. The third-order valence-electron chi connectivity index (χ3n) is 4.49. The van der Waals surface area contributed by atoms with Gasteiger partial charge in [-0.3, -0.25) is 14.2 Å². The molecule has 8 heteroatoms. The third-order valence-corrected chi connectivity index (χ3v) is 4.49. The van der Waals surface area contributed by atoms with Gasteiger partial charge in [0.05, 0.1) is 19.9 Å². The minimum absolute atomic E-state index is 0.232. The summed E-state index contributed by atoms with van der Waals surface area (Å²) in [6.45, 7) is 1.57. The predicted molar refractivity (Wildman–Crippen MR) is 111 cm³/mol. The van der Waals surface area contributed by atoms with Crippen LogP contribution in [0.1, 0.15) is 12.6 Å². The second-order valence-electron chi connectivity index (χ2n) is 6.47. The summed E-state index contributed by atoms with van der Waals surface area (Å²) in [5.41, 5.74) is 1.02. The quantitative estimate of drug-likeness (QED) is 0.645. The lowest BCUT2D eigenvalue weighted by molar-refractivity contribution is -0.116. The van der Waals surface area contributed by atoms with Crippen molar-refractivity contribution in [2.75, 3.05) is 19.5 Å². The summed E-state index contributed by atoms with van der Waals surface area (Å²) in [5.74, 6) is 0.316. The Labute approximate surface area is 173 Å². The minimum atomic E-state index is -0.456. The van der Waals surface area contributed by atoms with Gasteiger partial charge in [0.15, 0.2) is 0 Å². The van der Waals surface area contributed by atoms with Gasteiger partial charge in [0.2, 0.25) is 5.91 Å². The van der Waals surface area contributed by atoms with Gasteiger partial charge in [0.25, 0.3) is 5.56 Å². The van der Waals surface area contributed by atoms with E-state index < -0.39 is 17.3 Å². The standard InChI is InChI=1S/C22H22FN3O4/c1-4-16-11-21(28)26(22(24-16)14-6-5-7-15(23)10-14)13-20(27)25-18-9-8-17(29-2)12-19(18)30-3/h5-12H,4,13H2,1-3H3,(H,25,27). The van der Waals surface area contributed by atoms with Crippen molar-refractivity contribution in [1.82, 2.24) is 9.55 Å². The van der Waals surface area contributed by atoms with Gasteiger partial charge in [-0.1, -0.05) is 19.1 Å². The number of nitrogens with one attached hydrogen (secondary N) is 1. The van der Waals surface area contributed by atoms with Crippen LogP contribution in [0, 0.1) is 5.82 Å². The maximum atomic E-state index is 13.7. The van der Waals surface area contributed by atoms with Gasteiger partial charge in [0.1, 0.15) is 29.7 Å². The number of anilines is 1. The number of carbonyl (C=O) groups excluding carboxylic acids is 1. The second kappa shape index (κ2) is 9.21. The van der Waals surface area contributed by atoms with Crippen LogP contribution in [-0.4, -0.2) is 29.7 Å². The summed E-state index contributed by atoms with van der Waals surface area (Å²) in [4.78, 5) is 29.8. The van der Waals surface area contributed by atoms with Crippen LogP contribution in [0.2, 0.25) is 0 Å². The van der Waals surface area contributed by atoms with E-state index >= 15 is 0 Å². The van der Waals surface area contributed by atoms with E-state index in [2.05, 4.69) is 10.3 Å². The highest BCUT2D eigenvalue weighted by atomic mass is 19.1. The first-order valence-electron chi connectivity index (χ1n) is 9.33. The van der Waals surface area contributed by atoms with E-state index in [1.54, 1.807) is 24.3 Å². The predicted octanol–water partition coefficient (Wildman–Crippen LogP) is 3.27. The van der Waals surface area contributed by atoms with Crippen molar-refractivity contribution < 1.29 is 18.7 Å². The zero-order valence-electron chi connectivity index (χ0n) is 16.9. The molecule has 0 aliphatic heterocycles. The van der Waals surface area contributed by atoms with E-state index in [9.17, 15) is 14.0 Å². The number of amides is 1. The number of nitrogens with zero attached hydrogens (tertiary/aromatic N) is 2. The molecule has 0 bridgehead atoms. The third kappa shape index (κ3) is 4.65. The summed E-state index contributed by atoms with van der Waals surface area (Å²) in [5, 5.41) is 2.73. The zero-order chi connectivity index (χ0) is 21.7. The van der Waals surface area contributed by atoms with Crippen molar-refractivity contribution in [2.45, 2.75) is 19.9 Å². The molecule has 0 atom stereocenters. The monoisotopic (exact) mass is 411 g/mol. The Bertz CT molecular complexity index is 1130. The van der Waals surface area contributed by atoms with Crippen LogP contribution in [0.15, 0.2) is 53.3 Å². The van der Waals surface area contributed by atoms with Gasteiger partial charge < -0.3 is 14.8 Å². The smallest absolute Gasteiger partial charge is 0.254 e. The summed E-state index contributed by atoms with van der Waals surface area (Å²) >= 11 is 0. The number of benzene rings is 2. The largest absolute Gasteiger partial charge is 0.497 e. The molecule has 1 heterocycles. The zero-order valence-corrected chi connectivity index (χ0v) is 16.9. The lowest BCUT2D eigenvalue weighted by Crippen LogP contribution is -2.30. The van der Waals surface area contributed by atoms with Gasteiger partial charge in [-0.2, -0.15) is 0 Å². The average molecular weight is 411 g/mol. The molecule has 0 fully saturated rings. The molecule has 7 nitrogen and oxygen atoms in total. The molecule has 2 aromatic carbocycles. The molecule has 0 aliphatic rings. The number of aromatic nitrogens is 2. The van der Waals surface area contributed by atoms with Crippen LogP contribution in [0.25, 0.3) is 11.4 Å². The van der Waals surface area contributed by atoms with Gasteiger partial charge in [-0.15, -0.1) is 0 Å². The molecule has 0 radical (unpaired) electrons. The molecule has 1 amide bonds. The van der Waals surface area contributed by atoms with Crippen molar-refractivity contribution in [3.05, 3.63) is 70.4 Å². The molecule has 0 unspecified atom stereocenters. The van der Waals surface area contributed by atoms with Gasteiger partial charge in [-0.05, 0) is 30.7 Å². The molecule has 0 saturated carbocycles. The molecule has 30 heavy (non-hydrogen) atoms. The van der Waals surface area contributed by atoms with E-state index in [1.807, 2.05) is 6.92 Å². The van der Waals surface area contributed by atoms with Crippen molar-refractivity contribution >= 4 is 11.6 Å². The molecular formula is C22H22FN3O4. The molecule has 0 saturated heterocycles. The highest BCUT2D eigenvalue weighted by Crippen LogP contribution is 2.29. The van der Waals surface area contributed by atoms with E-state index in [0.29, 0.717) is 34.9 Å². The molecule has 3 aromatic rings. The number of hydrogen-bond donors (Lipinski definition) is 1. The van der Waals surface area contributed by atoms with E-state index in [-0.39, 0.29) is 12.4 Å². The Kier molecular flexibility index (Phi) is 6.46. The summed E-state index contributed by atoms with van der Waals surface area (Å²) in [6.07, 6.45) is 0.535. The van der Waals surface area contributed by atoms with Crippen molar-refractivity contribution in [3.63, 3.8) is 0 Å². The second-order valence-corrected chi connectivity index (χ2v) is 6.47. The van der Waals surface area contributed by atoms with Crippen LogP contribution in [0.5, 0.6) is 11.5 Å². The van der Waals surface area contributed by atoms with Crippen LogP contribution in [-0.2, 0) is 17.8 Å². The fourth-order valence-electron chi connectivity index (χ4n) is 2.97. The van der Waals surface area contributed by atoms with Gasteiger partial charge >= 0.3 is 0 Å². The van der Waals surface area contributed by atoms with Crippen LogP contribution in [0.4, 0.5) is 10.1 Å². The fraction of sp³-hybridized carbons (Fsp3) is 0.227. The molecule has 1 aromatic heterocycles. The summed E-state index contributed by atoms with van der Waals surface area (Å²) < 4.78 is 25.4. The maximum Gasteiger partial charge on any atom is 0.254 e. The minimum Gasteiger partial charge on any atom is -0.497 e. The summed E-state index contributed by atoms with van der Waals surface area (Å²) in [7, 11) is 3.00. The maximum absolute atomic E-state index is 13.7. The van der Waals surface area contributed by atoms with Crippen molar-refractivity contribution in [3.8, 4) is 22.9 Å². The van der Waals surface area contributed by atoms with Gasteiger partial charge in [-0.25, -0.2) is 9.37 Å². The van der Waals surface area contributed by atoms with Crippen molar-refractivity contribution in [1.29, 1.82) is 0 Å². The van der Waals surface area contributed by atoms with E-state index in [1.165, 1.54) is 43.1 Å². The van der Waals surface area contributed by atoms with Crippen LogP contribution >= 0.6 is 0 Å². The molecule has 156 valence electrons. The lowest BCUT2D eigenvalue weighted by Gasteiger charge is -2.15. The van der Waals surface area contributed by atoms with Crippen molar-refractivity contribution in [2.24, 2.45) is 0 Å². The van der Waals surface area contributed by atoms with E-state index in [0.717, 1.165) is 0 Å². The van der Waals surface area contributed by atoms with Crippen LogP contribution < -0.4 is 20.3 Å². The number of hydrogen-bond acceptors (Lipinski definition) is 5. The van der Waals surface area contributed by atoms with E-state index in [4.69, 9.17) is 9.47 Å². The Hall–Kier alpha value is -3.68. The topological polar surface area (TPSA) is 82.5 Å². The Balaban J connectivity index is 1.95. The highest BCUT2D eigenvalue weighted by molar-refractivity contribution is 5.92. The van der Waals surface area contributed by atoms with Crippen LogP contribution in [0.3, 0.4) is 0 Å². The first-order chi connectivity index (χ1) is 14.4. The molecule has 0 aliphatic carbocycles. The number of carbonyl (C=O) groups is 1. The van der Waals surface area contributed by atoms with Gasteiger partial charge in [0, 0.05) is 23.4 Å². The number of methoxy groups -OCH3 is 2. The normalized spacial score (nSPS) is 10.5. The Morgan fingerprint density at radius 3 is 2.60 bits per heavy atom. The fourth-order valence-corrected chi connectivity index (χ4v) is 2.97. The molecule has 1 N–H and O–H groups in total.